The first-order chi connectivity index (χ1) is 37.9. The van der Waals surface area contributed by atoms with Crippen molar-refractivity contribution in [2.45, 2.75) is 143 Å². The van der Waals surface area contributed by atoms with E-state index in [-0.39, 0.29) is 72.4 Å². The molecule has 5 atom stereocenters. The number of halogens is 4. The minimum absolute atomic E-state index is 0.0190. The van der Waals surface area contributed by atoms with Crippen LogP contribution in [0.2, 0.25) is 0 Å². The Labute approximate surface area is 468 Å². The molecule has 0 radical (unpaired) electrons. The number of piperazine rings is 1. The number of amides is 4. The molecular formula is C60H74F4N8O7S. The van der Waals surface area contributed by atoms with Crippen LogP contribution < -0.4 is 26.4 Å². The average molecular weight is 1130 g/mol. The Balaban J connectivity index is 0.838. The summed E-state index contributed by atoms with van der Waals surface area (Å²) in [4.78, 5) is 92.6. The second-order valence-corrected chi connectivity index (χ2v) is 23.3. The molecule has 2 aliphatic rings. The number of Topliss-reactive ketones (excluding diaryl/α,β-unsaturated/α-hetero) is 1. The van der Waals surface area contributed by atoms with Crippen LogP contribution in [0.5, 0.6) is 0 Å². The molecule has 2 aromatic heterocycles. The van der Waals surface area contributed by atoms with Crippen LogP contribution in [0.1, 0.15) is 136 Å². The quantitative estimate of drug-likeness (QED) is 0.0329. The number of unbranched alkanes of at least 4 members (excludes halogenated alkanes) is 6. The van der Waals surface area contributed by atoms with Gasteiger partial charge in [0.1, 0.15) is 17.6 Å². The number of anilines is 2. The fraction of sp³-hybridized carbons (Fsp3) is 0.483. The molecule has 0 spiro atoms. The Morgan fingerprint density at radius 2 is 1.50 bits per heavy atom. The number of nitrogens with one attached hydrogen (secondary N) is 4. The molecule has 0 saturated carbocycles. The van der Waals surface area contributed by atoms with E-state index in [1.165, 1.54) is 23.1 Å². The van der Waals surface area contributed by atoms with Gasteiger partial charge in [-0.2, -0.15) is 13.2 Å². The van der Waals surface area contributed by atoms with Crippen molar-refractivity contribution in [3.63, 3.8) is 0 Å². The highest BCUT2D eigenvalue weighted by Gasteiger charge is 2.44. The molecule has 15 nitrogen and oxygen atoms in total. The van der Waals surface area contributed by atoms with E-state index in [2.05, 4.69) is 30.8 Å². The number of rotatable bonds is 22. The number of carbonyl (C=O) groups is 5. The summed E-state index contributed by atoms with van der Waals surface area (Å²) < 4.78 is 57.8. The average Bonchev–Trinajstić information content (AvgIpc) is 4.05. The van der Waals surface area contributed by atoms with Crippen molar-refractivity contribution in [1.82, 2.24) is 30.4 Å². The number of nitrogens with zero attached hydrogens (tertiary/aromatic N) is 4. The van der Waals surface area contributed by atoms with Gasteiger partial charge in [0.15, 0.2) is 0 Å². The molecular weight excluding hydrogens is 1050 g/mol. The van der Waals surface area contributed by atoms with Crippen LogP contribution >= 0.6 is 11.3 Å². The molecule has 0 aliphatic carbocycles. The van der Waals surface area contributed by atoms with Crippen LogP contribution in [0.15, 0.2) is 83.2 Å². The molecule has 4 amide bonds. The number of aryl methyl sites for hydroxylation is 1. The molecule has 2 aliphatic heterocycles. The summed E-state index contributed by atoms with van der Waals surface area (Å²) in [6.45, 7) is 13.5. The highest BCUT2D eigenvalue weighted by molar-refractivity contribution is 7.13. The van der Waals surface area contributed by atoms with Crippen molar-refractivity contribution in [1.29, 1.82) is 0 Å². The summed E-state index contributed by atoms with van der Waals surface area (Å²) in [5.41, 5.74) is 2.10. The zero-order valence-corrected chi connectivity index (χ0v) is 47.4. The Hall–Kier alpha value is -6.77. The molecule has 430 valence electrons. The van der Waals surface area contributed by atoms with Crippen LogP contribution in [0.3, 0.4) is 0 Å². The molecule has 7 rings (SSSR count). The Bertz CT molecular complexity index is 3050. The largest absolute Gasteiger partial charge is 0.417 e. The SMILES string of the molecule is Cc1ncsc1-c1ccc(CNC(=O)[C@@H]2C[C@@H](O)CN2C(=O)[C@@H](CC(=O)CCCCCCCCCNC(=O)c2ccc(-c3ccc(N4C[C@@H](C)N(C)[C@@H](C)C4)c(NC(=O)c4c[nH]c(=O)cc4C(F)(F)F)c3)c(F)c2)C(C)(C)C)cc1. The number of likely N-dealkylation sites (N-methyl/N-ethyl adjacent to an activating group) is 1. The highest BCUT2D eigenvalue weighted by Crippen LogP contribution is 2.38. The molecule has 0 unspecified atom stereocenters. The zero-order chi connectivity index (χ0) is 58.1. The number of benzene rings is 3. The lowest BCUT2D eigenvalue weighted by molar-refractivity contribution is -0.146. The van der Waals surface area contributed by atoms with Crippen molar-refractivity contribution in [2.24, 2.45) is 11.3 Å². The van der Waals surface area contributed by atoms with E-state index in [0.29, 0.717) is 56.2 Å². The first-order valence-corrected chi connectivity index (χ1v) is 28.3. The minimum Gasteiger partial charge on any atom is -0.391 e. The maximum atomic E-state index is 15.9. The number of ketones is 1. The van der Waals surface area contributed by atoms with Crippen LogP contribution in [0.4, 0.5) is 28.9 Å². The normalized spacial score (nSPS) is 18.2. The number of hydrogen-bond acceptors (Lipinski definition) is 11. The summed E-state index contributed by atoms with van der Waals surface area (Å²) in [6.07, 6.45) is 1.17. The summed E-state index contributed by atoms with van der Waals surface area (Å²) in [5.74, 6) is -3.63. The van der Waals surface area contributed by atoms with Crippen molar-refractivity contribution < 1.29 is 46.6 Å². The Morgan fingerprint density at radius 3 is 2.14 bits per heavy atom. The third-order valence-corrected chi connectivity index (χ3v) is 16.4. The number of aliphatic hydroxyl groups is 1. The Kier molecular flexibility index (Phi) is 20.3. The van der Waals surface area contributed by atoms with Gasteiger partial charge in [0, 0.05) is 93.4 Å². The standard InChI is InChI=1S/C60H74F4N8O7S/c1-36-32-71(33-37(2)70(36)7)51-23-21-41(26-50(51)69-56(77)46-31-66-53(75)29-47(46)60(62,63)64)45-22-20-42(25-49(45)61)55(76)65-24-14-12-10-8-9-11-13-15-43(73)27-48(59(4,5)6)58(79)72-34-44(74)28-52(72)57(78)67-30-39-16-18-40(19-17-39)54-38(3)68-35-80-54/h16-23,25-26,29,31,35-37,44,48,52,74H,8-15,24,27-28,30,32-34H2,1-7H3,(H,65,76)(H,66,75)(H,67,78)(H,69,77)/t36-,37+,44-,48-,52+/m1/s1. The molecule has 5 N–H and O–H groups in total. The van der Waals surface area contributed by atoms with E-state index in [0.717, 1.165) is 66.1 Å². The number of hydrogen-bond donors (Lipinski definition) is 5. The van der Waals surface area contributed by atoms with Crippen molar-refractivity contribution in [3.05, 3.63) is 123 Å². The number of β-amino-alcohol motifs (C(OH)–C–C–N with tert-alkyl or cyclic N) is 1. The summed E-state index contributed by atoms with van der Waals surface area (Å²) in [6, 6.07) is 16.4. The molecule has 4 heterocycles. The minimum atomic E-state index is -4.99. The van der Waals surface area contributed by atoms with Gasteiger partial charge in [-0.25, -0.2) is 9.37 Å². The second-order valence-electron chi connectivity index (χ2n) is 22.5. The van der Waals surface area contributed by atoms with E-state index < -0.39 is 64.0 Å². The zero-order valence-electron chi connectivity index (χ0n) is 46.6. The van der Waals surface area contributed by atoms with E-state index in [4.69, 9.17) is 0 Å². The molecule has 2 saturated heterocycles. The molecule has 20 heteroatoms. The van der Waals surface area contributed by atoms with Gasteiger partial charge in [0.25, 0.3) is 11.8 Å². The summed E-state index contributed by atoms with van der Waals surface area (Å²) in [7, 11) is 2.00. The van der Waals surface area contributed by atoms with Gasteiger partial charge in [0.2, 0.25) is 17.4 Å². The molecule has 3 aromatic carbocycles. The molecule has 2 fully saturated rings. The predicted octanol–water partition coefficient (Wildman–Crippen LogP) is 10.2. The topological polar surface area (TPSA) is 197 Å². The van der Waals surface area contributed by atoms with E-state index in [1.54, 1.807) is 29.0 Å². The number of H-pyrrole nitrogens is 1. The predicted molar refractivity (Wildman–Crippen MR) is 303 cm³/mol. The number of aromatic nitrogens is 2. The number of alkyl halides is 3. The third kappa shape index (κ3) is 15.6. The van der Waals surface area contributed by atoms with Gasteiger partial charge < -0.3 is 35.8 Å². The van der Waals surface area contributed by atoms with Crippen molar-refractivity contribution >= 4 is 52.1 Å². The molecule has 0 bridgehead atoms. The number of likely N-dealkylation sites (tertiary alicyclic amines) is 1. The van der Waals surface area contributed by atoms with Crippen LogP contribution in [0, 0.1) is 24.1 Å². The second kappa shape index (κ2) is 26.7. The third-order valence-electron chi connectivity index (χ3n) is 15.4. The lowest BCUT2D eigenvalue weighted by atomic mass is 9.76. The van der Waals surface area contributed by atoms with Gasteiger partial charge in [-0.05, 0) is 87.0 Å². The maximum Gasteiger partial charge on any atom is 0.417 e. The van der Waals surface area contributed by atoms with Crippen LogP contribution in [-0.4, -0.2) is 112 Å². The van der Waals surface area contributed by atoms with Gasteiger partial charge in [0.05, 0.1) is 44.7 Å². The molecule has 80 heavy (non-hydrogen) atoms. The van der Waals surface area contributed by atoms with Crippen LogP contribution in [0.25, 0.3) is 21.6 Å². The van der Waals surface area contributed by atoms with E-state index in [9.17, 15) is 47.0 Å². The summed E-state index contributed by atoms with van der Waals surface area (Å²) in [5, 5.41) is 19.0. The number of thiazole rings is 1. The first-order valence-electron chi connectivity index (χ1n) is 27.5. The number of carbonyl (C=O) groups excluding carboxylic acids is 5. The monoisotopic (exact) mass is 1130 g/mol. The smallest absolute Gasteiger partial charge is 0.391 e. The van der Waals surface area contributed by atoms with Gasteiger partial charge in [-0.1, -0.05) is 89.3 Å². The van der Waals surface area contributed by atoms with Gasteiger partial charge >= 0.3 is 6.18 Å². The Morgan fingerprint density at radius 1 is 0.838 bits per heavy atom. The van der Waals surface area contributed by atoms with Crippen LogP contribution in [-0.2, 0) is 27.1 Å². The van der Waals surface area contributed by atoms with E-state index in [1.807, 2.05) is 77.8 Å². The maximum absolute atomic E-state index is 15.9. The highest BCUT2D eigenvalue weighted by atomic mass is 32.1. The van der Waals surface area contributed by atoms with Crippen molar-refractivity contribution in [3.8, 4) is 21.6 Å². The fourth-order valence-corrected chi connectivity index (χ4v) is 11.4. The fourth-order valence-electron chi connectivity index (χ4n) is 10.5. The number of pyridine rings is 1. The lowest BCUT2D eigenvalue weighted by Crippen LogP contribution is -2.55. The molecule has 5 aromatic rings. The van der Waals surface area contributed by atoms with Gasteiger partial charge in [-0.3, -0.25) is 33.7 Å². The first kappa shape index (κ1) is 60.9. The van der Waals surface area contributed by atoms with Gasteiger partial charge in [-0.15, -0.1) is 11.3 Å². The number of aromatic amines is 1. The summed E-state index contributed by atoms with van der Waals surface area (Å²) >= 11 is 1.57. The van der Waals surface area contributed by atoms with E-state index >= 15 is 4.39 Å². The lowest BCUT2D eigenvalue weighted by Gasteiger charge is -2.44. The van der Waals surface area contributed by atoms with Crippen molar-refractivity contribution in [2.75, 3.05) is 43.4 Å². The number of aliphatic hydroxyl groups excluding tert-OH is 1.